The van der Waals surface area contributed by atoms with Crippen LogP contribution >= 0.6 is 12.2 Å². The highest BCUT2D eigenvalue weighted by Gasteiger charge is 2.41. The molecule has 2 aromatic heterocycles. The van der Waals surface area contributed by atoms with E-state index in [0.717, 1.165) is 17.1 Å². The van der Waals surface area contributed by atoms with Gasteiger partial charge in [-0.05, 0) is 62.0 Å². The van der Waals surface area contributed by atoms with Crippen molar-refractivity contribution in [2.75, 3.05) is 13.2 Å². The average molecular weight is 393 g/mol. The van der Waals surface area contributed by atoms with E-state index in [9.17, 15) is 5.11 Å². The van der Waals surface area contributed by atoms with E-state index in [2.05, 4.69) is 63.1 Å². The second-order valence-electron chi connectivity index (χ2n) is 6.97. The van der Waals surface area contributed by atoms with Crippen LogP contribution in [0.1, 0.15) is 35.6 Å². The highest BCUT2D eigenvalue weighted by molar-refractivity contribution is 7.80. The molecule has 2 atom stereocenters. The van der Waals surface area contributed by atoms with E-state index in [-0.39, 0.29) is 18.7 Å². The molecule has 0 radical (unpaired) electrons. The van der Waals surface area contributed by atoms with Gasteiger partial charge in [-0.1, -0.05) is 24.3 Å². The van der Waals surface area contributed by atoms with Gasteiger partial charge in [0, 0.05) is 36.4 Å². The highest BCUT2D eigenvalue weighted by Crippen LogP contribution is 2.40. The molecule has 0 spiro atoms. The lowest BCUT2D eigenvalue weighted by atomic mass is 10.0. The molecule has 6 heteroatoms. The van der Waals surface area contributed by atoms with Crippen molar-refractivity contribution in [1.29, 1.82) is 0 Å². The van der Waals surface area contributed by atoms with Gasteiger partial charge in [0.15, 0.2) is 5.11 Å². The van der Waals surface area contributed by atoms with Gasteiger partial charge in [-0.3, -0.25) is 4.98 Å². The van der Waals surface area contributed by atoms with Crippen molar-refractivity contribution >= 4 is 17.3 Å². The molecule has 1 aromatic carbocycles. The van der Waals surface area contributed by atoms with Crippen molar-refractivity contribution < 1.29 is 5.11 Å². The Hall–Kier alpha value is -2.70. The van der Waals surface area contributed by atoms with Gasteiger partial charge in [0.1, 0.15) is 0 Å². The molecule has 4 rings (SSSR count). The third-order valence-electron chi connectivity index (χ3n) is 5.18. The molecule has 144 valence electrons. The fraction of sp³-hybridized carbons (Fsp3) is 0.273. The van der Waals surface area contributed by atoms with E-state index in [4.69, 9.17) is 12.2 Å². The van der Waals surface area contributed by atoms with E-state index in [0.29, 0.717) is 18.1 Å². The minimum Gasteiger partial charge on any atom is -0.396 e. The second-order valence-corrected chi connectivity index (χ2v) is 7.35. The fourth-order valence-corrected chi connectivity index (χ4v) is 4.26. The lowest BCUT2D eigenvalue weighted by molar-refractivity contribution is 0.244. The van der Waals surface area contributed by atoms with Crippen LogP contribution in [0.3, 0.4) is 0 Å². The van der Waals surface area contributed by atoms with Crippen molar-refractivity contribution in [3.8, 4) is 5.69 Å². The largest absolute Gasteiger partial charge is 0.396 e. The molecule has 0 saturated carbocycles. The van der Waals surface area contributed by atoms with E-state index < -0.39 is 0 Å². The van der Waals surface area contributed by atoms with E-state index in [1.54, 1.807) is 0 Å². The van der Waals surface area contributed by atoms with Gasteiger partial charge in [-0.15, -0.1) is 0 Å². The zero-order chi connectivity index (χ0) is 19.5. The number of thiocarbonyl (C=S) groups is 1. The number of hydrogen-bond donors (Lipinski definition) is 2. The Bertz CT molecular complexity index is 942. The maximum absolute atomic E-state index is 9.38. The summed E-state index contributed by atoms with van der Waals surface area (Å²) in [6, 6.07) is 20.6. The van der Waals surface area contributed by atoms with Gasteiger partial charge in [-0.2, -0.15) is 0 Å². The second kappa shape index (κ2) is 8.12. The van der Waals surface area contributed by atoms with Crippen molar-refractivity contribution in [3.63, 3.8) is 0 Å². The molecule has 0 amide bonds. The first-order chi connectivity index (χ1) is 13.7. The molecular formula is C22H24N4OS. The summed E-state index contributed by atoms with van der Waals surface area (Å²) in [5.74, 6) is 0. The van der Waals surface area contributed by atoms with Crippen molar-refractivity contribution in [2.45, 2.75) is 25.4 Å². The minimum absolute atomic E-state index is 0.0112. The summed E-state index contributed by atoms with van der Waals surface area (Å²) in [4.78, 5) is 6.77. The van der Waals surface area contributed by atoms with Gasteiger partial charge in [0.25, 0.3) is 0 Å². The Kier molecular flexibility index (Phi) is 5.41. The van der Waals surface area contributed by atoms with Crippen molar-refractivity contribution in [3.05, 3.63) is 83.9 Å². The topological polar surface area (TPSA) is 53.3 Å². The normalized spacial score (nSPS) is 19.1. The number of aliphatic hydroxyl groups excluding tert-OH is 1. The number of hydrogen-bond acceptors (Lipinski definition) is 3. The lowest BCUT2D eigenvalue weighted by Crippen LogP contribution is -2.32. The summed E-state index contributed by atoms with van der Waals surface area (Å²) in [6.07, 6.45) is 2.48. The molecule has 1 fully saturated rings. The van der Waals surface area contributed by atoms with Crippen LogP contribution in [0.4, 0.5) is 0 Å². The highest BCUT2D eigenvalue weighted by atomic mass is 32.1. The summed E-state index contributed by atoms with van der Waals surface area (Å²) < 4.78 is 2.28. The third kappa shape index (κ3) is 3.41. The first kappa shape index (κ1) is 18.7. The average Bonchev–Trinajstić information content (AvgIpc) is 3.27. The molecular weight excluding hydrogens is 368 g/mol. The summed E-state index contributed by atoms with van der Waals surface area (Å²) in [6.45, 7) is 2.94. The zero-order valence-electron chi connectivity index (χ0n) is 15.8. The quantitative estimate of drug-likeness (QED) is 0.629. The summed E-state index contributed by atoms with van der Waals surface area (Å²) in [5.41, 5.74) is 4.41. The monoisotopic (exact) mass is 392 g/mol. The zero-order valence-corrected chi connectivity index (χ0v) is 16.6. The van der Waals surface area contributed by atoms with Crippen LogP contribution in [0.25, 0.3) is 5.69 Å². The molecule has 0 aliphatic carbocycles. The smallest absolute Gasteiger partial charge is 0.170 e. The van der Waals surface area contributed by atoms with E-state index >= 15 is 0 Å². The number of nitrogens with one attached hydrogen (secondary N) is 1. The number of aliphatic hydroxyl groups is 1. The van der Waals surface area contributed by atoms with Crippen LogP contribution in [0.2, 0.25) is 0 Å². The number of benzene rings is 1. The van der Waals surface area contributed by atoms with Crippen LogP contribution in [0.5, 0.6) is 0 Å². The van der Waals surface area contributed by atoms with Gasteiger partial charge >= 0.3 is 0 Å². The Morgan fingerprint density at radius 1 is 1.07 bits per heavy atom. The molecule has 1 aliphatic heterocycles. The molecule has 1 saturated heterocycles. The predicted molar refractivity (Wildman–Crippen MR) is 114 cm³/mol. The minimum atomic E-state index is -0.0517. The Morgan fingerprint density at radius 2 is 1.86 bits per heavy atom. The Labute approximate surface area is 170 Å². The first-order valence-corrected chi connectivity index (χ1v) is 9.94. The first-order valence-electron chi connectivity index (χ1n) is 9.53. The summed E-state index contributed by atoms with van der Waals surface area (Å²) in [5, 5.41) is 13.5. The Morgan fingerprint density at radius 3 is 2.57 bits per heavy atom. The molecule has 3 heterocycles. The number of pyridine rings is 1. The van der Waals surface area contributed by atoms with Crippen molar-refractivity contribution in [1.82, 2.24) is 19.8 Å². The van der Waals surface area contributed by atoms with Crippen LogP contribution in [0.15, 0.2) is 66.9 Å². The lowest BCUT2D eigenvalue weighted by Gasteiger charge is -2.29. The predicted octanol–water partition coefficient (Wildman–Crippen LogP) is 3.54. The summed E-state index contributed by atoms with van der Waals surface area (Å²) >= 11 is 5.67. The number of para-hydroxylation sites is 1. The summed E-state index contributed by atoms with van der Waals surface area (Å²) in [7, 11) is 0. The van der Waals surface area contributed by atoms with Crippen LogP contribution in [-0.2, 0) is 0 Å². The number of nitrogens with zero attached hydrogens (tertiary/aromatic N) is 3. The fourth-order valence-electron chi connectivity index (χ4n) is 3.93. The maximum atomic E-state index is 9.38. The van der Waals surface area contributed by atoms with Gasteiger partial charge in [0.05, 0.1) is 17.8 Å². The van der Waals surface area contributed by atoms with Crippen LogP contribution < -0.4 is 5.32 Å². The molecule has 0 unspecified atom stereocenters. The SMILES string of the molecule is Cc1ccc([C@H]2[C@@H](c3ccccn3)NC(=S)N2CCCO)n1-c1ccccc1. The number of aromatic nitrogens is 2. The van der Waals surface area contributed by atoms with Crippen LogP contribution in [-0.4, -0.2) is 37.8 Å². The molecule has 0 bridgehead atoms. The molecule has 5 nitrogen and oxygen atoms in total. The van der Waals surface area contributed by atoms with Crippen molar-refractivity contribution in [2.24, 2.45) is 0 Å². The molecule has 2 N–H and O–H groups in total. The molecule has 1 aliphatic rings. The Balaban J connectivity index is 1.82. The number of rotatable bonds is 6. The van der Waals surface area contributed by atoms with E-state index in [1.165, 1.54) is 5.69 Å². The van der Waals surface area contributed by atoms with Crippen LogP contribution in [0, 0.1) is 6.92 Å². The number of aryl methyl sites for hydroxylation is 1. The molecule has 28 heavy (non-hydrogen) atoms. The van der Waals surface area contributed by atoms with Gasteiger partial charge < -0.3 is 19.9 Å². The maximum Gasteiger partial charge on any atom is 0.170 e. The van der Waals surface area contributed by atoms with E-state index in [1.807, 2.05) is 30.5 Å². The third-order valence-corrected chi connectivity index (χ3v) is 5.53. The standard InChI is InChI=1S/C22H24N4OS/c1-16-11-12-19(26(16)17-8-3-2-4-9-17)21-20(18-10-5-6-13-23-18)24-22(28)25(21)14-7-15-27/h2-6,8-13,20-21,27H,7,14-15H2,1H3,(H,24,28)/t20-,21+/m1/s1. The molecule has 3 aromatic rings. The van der Waals surface area contributed by atoms with Gasteiger partial charge in [0.2, 0.25) is 0 Å². The van der Waals surface area contributed by atoms with Gasteiger partial charge in [-0.25, -0.2) is 0 Å².